The van der Waals surface area contributed by atoms with Crippen LogP contribution >= 0.6 is 0 Å². The summed E-state index contributed by atoms with van der Waals surface area (Å²) in [6.07, 6.45) is 7.46. The van der Waals surface area contributed by atoms with Gasteiger partial charge in [0.1, 0.15) is 0 Å². The molecule has 82 valence electrons. The molecule has 0 bridgehead atoms. The average Bonchev–Trinajstić information content (AvgIpc) is 2.32. The molecule has 0 amide bonds. The lowest BCUT2D eigenvalue weighted by Crippen LogP contribution is -2.18. The van der Waals surface area contributed by atoms with Gasteiger partial charge in [-0.15, -0.1) is 0 Å². The molecule has 0 N–H and O–H groups in total. The standard InChI is InChI=1S/C13H14N2O/c1-2-3-6-9-15-12-8-5-4-7-11(12)10-14-13(15)16/h4-10H,2-3H2,1H3. The number of benzene rings is 1. The summed E-state index contributed by atoms with van der Waals surface area (Å²) >= 11 is 0. The number of nitrogens with zero attached hydrogens (tertiary/aromatic N) is 2. The van der Waals surface area contributed by atoms with Crippen LogP contribution in [0.5, 0.6) is 0 Å². The van der Waals surface area contributed by atoms with Gasteiger partial charge >= 0.3 is 5.69 Å². The number of rotatable bonds is 3. The fourth-order valence-corrected chi connectivity index (χ4v) is 1.60. The maximum atomic E-state index is 11.6. The van der Waals surface area contributed by atoms with Crippen LogP contribution in [0.1, 0.15) is 19.8 Å². The molecule has 3 nitrogen and oxygen atoms in total. The lowest BCUT2D eigenvalue weighted by atomic mass is 10.2. The van der Waals surface area contributed by atoms with Crippen molar-refractivity contribution < 1.29 is 0 Å². The largest absolute Gasteiger partial charge is 0.352 e. The Bertz CT molecular complexity index is 569. The predicted octanol–water partition coefficient (Wildman–Crippen LogP) is 2.67. The van der Waals surface area contributed by atoms with Gasteiger partial charge in [0.05, 0.1) is 5.52 Å². The van der Waals surface area contributed by atoms with Crippen LogP contribution in [-0.2, 0) is 0 Å². The van der Waals surface area contributed by atoms with E-state index in [2.05, 4.69) is 11.9 Å². The highest BCUT2D eigenvalue weighted by molar-refractivity contribution is 5.79. The lowest BCUT2D eigenvalue weighted by Gasteiger charge is -2.03. The van der Waals surface area contributed by atoms with Crippen LogP contribution in [0.25, 0.3) is 17.1 Å². The minimum Gasteiger partial charge on any atom is -0.268 e. The zero-order valence-corrected chi connectivity index (χ0v) is 9.26. The average molecular weight is 214 g/mol. The van der Waals surface area contributed by atoms with Crippen LogP contribution in [-0.4, -0.2) is 9.55 Å². The van der Waals surface area contributed by atoms with Crippen molar-refractivity contribution in [2.24, 2.45) is 0 Å². The Morgan fingerprint density at radius 2 is 2.19 bits per heavy atom. The second kappa shape index (κ2) is 4.75. The van der Waals surface area contributed by atoms with Crippen molar-refractivity contribution in [3.63, 3.8) is 0 Å². The van der Waals surface area contributed by atoms with Gasteiger partial charge in [0.25, 0.3) is 0 Å². The van der Waals surface area contributed by atoms with Gasteiger partial charge in [-0.25, -0.2) is 9.78 Å². The molecule has 0 saturated heterocycles. The molecule has 3 heteroatoms. The first kappa shape index (κ1) is 10.6. The van der Waals surface area contributed by atoms with Crippen molar-refractivity contribution in [2.75, 3.05) is 0 Å². The molecular formula is C13H14N2O. The first-order valence-electron chi connectivity index (χ1n) is 5.46. The molecule has 1 aromatic heterocycles. The Morgan fingerprint density at radius 3 is 3.00 bits per heavy atom. The summed E-state index contributed by atoms with van der Waals surface area (Å²) in [7, 11) is 0. The molecule has 0 radical (unpaired) electrons. The molecule has 0 aliphatic rings. The van der Waals surface area contributed by atoms with Gasteiger partial charge in [-0.05, 0) is 12.5 Å². The van der Waals surface area contributed by atoms with E-state index in [1.54, 1.807) is 17.0 Å². The molecule has 1 heterocycles. The quantitative estimate of drug-likeness (QED) is 0.787. The van der Waals surface area contributed by atoms with Crippen molar-refractivity contribution in [2.45, 2.75) is 19.8 Å². The van der Waals surface area contributed by atoms with E-state index in [-0.39, 0.29) is 5.69 Å². The molecular weight excluding hydrogens is 200 g/mol. The van der Waals surface area contributed by atoms with E-state index in [9.17, 15) is 4.79 Å². The van der Waals surface area contributed by atoms with Gasteiger partial charge in [-0.2, -0.15) is 0 Å². The number of unbranched alkanes of at least 4 members (excludes halogenated alkanes) is 1. The third-order valence-corrected chi connectivity index (χ3v) is 2.43. The molecule has 0 aliphatic heterocycles. The fraction of sp³-hybridized carbons (Fsp3) is 0.231. The summed E-state index contributed by atoms with van der Waals surface area (Å²) in [5.41, 5.74) is 0.668. The molecule has 0 fully saturated rings. The van der Waals surface area contributed by atoms with Crippen molar-refractivity contribution in [1.29, 1.82) is 0 Å². The van der Waals surface area contributed by atoms with E-state index in [1.165, 1.54) is 0 Å². The number of allylic oxidation sites excluding steroid dienone is 1. The summed E-state index contributed by atoms with van der Waals surface area (Å²) in [5, 5.41) is 0.975. The van der Waals surface area contributed by atoms with E-state index >= 15 is 0 Å². The van der Waals surface area contributed by atoms with Gasteiger partial charge in [0.15, 0.2) is 0 Å². The Morgan fingerprint density at radius 1 is 1.38 bits per heavy atom. The van der Waals surface area contributed by atoms with Crippen LogP contribution < -0.4 is 5.69 Å². The first-order chi connectivity index (χ1) is 7.83. The minimum absolute atomic E-state index is 0.231. The Balaban J connectivity index is 2.57. The van der Waals surface area contributed by atoms with Crippen LogP contribution in [0.2, 0.25) is 0 Å². The van der Waals surface area contributed by atoms with E-state index in [0.29, 0.717) is 0 Å². The van der Waals surface area contributed by atoms with E-state index in [1.807, 2.05) is 30.3 Å². The highest BCUT2D eigenvalue weighted by Gasteiger charge is 1.99. The summed E-state index contributed by atoms with van der Waals surface area (Å²) in [6.45, 7) is 2.11. The van der Waals surface area contributed by atoms with E-state index < -0.39 is 0 Å². The lowest BCUT2D eigenvalue weighted by molar-refractivity contribution is 0.946. The minimum atomic E-state index is -0.231. The number of hydrogen-bond acceptors (Lipinski definition) is 2. The number of fused-ring (bicyclic) bond motifs is 1. The van der Waals surface area contributed by atoms with Gasteiger partial charge in [0, 0.05) is 17.8 Å². The normalized spacial score (nSPS) is 11.3. The molecule has 0 saturated carbocycles. The fourth-order valence-electron chi connectivity index (χ4n) is 1.60. The van der Waals surface area contributed by atoms with Gasteiger partial charge in [0.2, 0.25) is 0 Å². The topological polar surface area (TPSA) is 34.9 Å². The summed E-state index contributed by atoms with van der Waals surface area (Å²) in [4.78, 5) is 15.5. The highest BCUT2D eigenvalue weighted by Crippen LogP contribution is 2.10. The van der Waals surface area contributed by atoms with Gasteiger partial charge in [-0.1, -0.05) is 37.6 Å². The monoisotopic (exact) mass is 214 g/mol. The van der Waals surface area contributed by atoms with Crippen molar-refractivity contribution in [3.8, 4) is 0 Å². The number of para-hydroxylation sites is 1. The van der Waals surface area contributed by atoms with Crippen molar-refractivity contribution in [3.05, 3.63) is 47.0 Å². The van der Waals surface area contributed by atoms with Crippen LogP contribution in [0.4, 0.5) is 0 Å². The molecule has 2 rings (SSSR count). The maximum absolute atomic E-state index is 11.6. The molecule has 1 aromatic carbocycles. The number of aromatic nitrogens is 2. The summed E-state index contributed by atoms with van der Waals surface area (Å²) < 4.78 is 1.59. The molecule has 0 unspecified atom stereocenters. The molecule has 16 heavy (non-hydrogen) atoms. The molecule has 0 atom stereocenters. The zero-order chi connectivity index (χ0) is 11.4. The molecule has 0 spiro atoms. The Kier molecular flexibility index (Phi) is 3.15. The molecule has 2 aromatic rings. The third-order valence-electron chi connectivity index (χ3n) is 2.43. The smallest absolute Gasteiger partial charge is 0.268 e. The van der Waals surface area contributed by atoms with E-state index in [0.717, 1.165) is 23.7 Å². The maximum Gasteiger partial charge on any atom is 0.352 e. The van der Waals surface area contributed by atoms with Crippen molar-refractivity contribution >= 4 is 17.1 Å². The summed E-state index contributed by atoms with van der Waals surface area (Å²) in [5.74, 6) is 0. The van der Waals surface area contributed by atoms with Crippen LogP contribution in [0, 0.1) is 0 Å². The SMILES string of the molecule is CCCC=Cn1c(=O)ncc2ccccc21. The Hall–Kier alpha value is -1.90. The second-order valence-corrected chi connectivity index (χ2v) is 3.64. The van der Waals surface area contributed by atoms with Gasteiger partial charge < -0.3 is 0 Å². The first-order valence-corrected chi connectivity index (χ1v) is 5.46. The summed E-state index contributed by atoms with van der Waals surface area (Å²) in [6, 6.07) is 7.74. The van der Waals surface area contributed by atoms with Gasteiger partial charge in [-0.3, -0.25) is 4.57 Å². The Labute approximate surface area is 94.1 Å². The molecule has 0 aliphatic carbocycles. The number of hydrogen-bond donors (Lipinski definition) is 0. The zero-order valence-electron chi connectivity index (χ0n) is 9.26. The van der Waals surface area contributed by atoms with E-state index in [4.69, 9.17) is 0 Å². The predicted molar refractivity (Wildman–Crippen MR) is 66.2 cm³/mol. The highest BCUT2D eigenvalue weighted by atomic mass is 16.1. The van der Waals surface area contributed by atoms with Crippen molar-refractivity contribution in [1.82, 2.24) is 9.55 Å². The third kappa shape index (κ3) is 2.03. The second-order valence-electron chi connectivity index (χ2n) is 3.64. The van der Waals surface area contributed by atoms with Crippen LogP contribution in [0.15, 0.2) is 41.3 Å². The van der Waals surface area contributed by atoms with Crippen LogP contribution in [0.3, 0.4) is 0 Å².